The van der Waals surface area contributed by atoms with E-state index in [-0.39, 0.29) is 24.3 Å². The molecule has 1 atom stereocenters. The van der Waals surface area contributed by atoms with Crippen molar-refractivity contribution in [1.29, 1.82) is 5.41 Å². The summed E-state index contributed by atoms with van der Waals surface area (Å²) in [6, 6.07) is 8.04. The number of amides is 2. The first kappa shape index (κ1) is 26.1. The standard InChI is InChI=1S/C26H34N8O3/c1-17-21(14-29-25(28)31-17)18-5-7-20(8-6-18)26(9-4-10-26)24(27)32-23(36)19-13-30-34(15-19)16-22(35)33(2)11-12-37-3/h5-8,13-15,17H,4,9-12,16H2,1-3H3,(H2,27,32,36)(H3,28,29,31). The van der Waals surface area contributed by atoms with Crippen LogP contribution in [0.25, 0.3) is 5.57 Å². The number of hydrogen-bond donors (Lipinski definition) is 4. The minimum atomic E-state index is -0.530. The minimum absolute atomic E-state index is 0.0176. The van der Waals surface area contributed by atoms with Gasteiger partial charge in [0.15, 0.2) is 5.96 Å². The first-order valence-electron chi connectivity index (χ1n) is 12.3. The third kappa shape index (κ3) is 5.56. The van der Waals surface area contributed by atoms with Crippen LogP contribution in [0.4, 0.5) is 0 Å². The molecule has 1 aromatic heterocycles. The quantitative estimate of drug-likeness (QED) is 0.299. The molecular weight excluding hydrogens is 472 g/mol. The van der Waals surface area contributed by atoms with E-state index in [2.05, 4.69) is 20.7 Å². The number of ether oxygens (including phenoxy) is 1. The summed E-state index contributed by atoms with van der Waals surface area (Å²) in [6.45, 7) is 2.92. The molecule has 1 aromatic carbocycles. The number of nitrogens with one attached hydrogen (secondary N) is 3. The molecule has 2 amide bonds. The normalized spacial score (nSPS) is 18.1. The second-order valence-corrected chi connectivity index (χ2v) is 9.51. The summed E-state index contributed by atoms with van der Waals surface area (Å²) in [5.74, 6) is 0.0177. The average molecular weight is 507 g/mol. The van der Waals surface area contributed by atoms with Crippen molar-refractivity contribution in [2.45, 2.75) is 44.2 Å². The second kappa shape index (κ2) is 11.0. The molecule has 11 nitrogen and oxygen atoms in total. The Morgan fingerprint density at radius 2 is 2.05 bits per heavy atom. The summed E-state index contributed by atoms with van der Waals surface area (Å²) < 4.78 is 6.42. The molecule has 5 N–H and O–H groups in total. The number of aliphatic imine (C=N–C) groups is 1. The van der Waals surface area contributed by atoms with Gasteiger partial charge in [0, 0.05) is 33.1 Å². The minimum Gasteiger partial charge on any atom is -0.383 e. The van der Waals surface area contributed by atoms with Crippen LogP contribution in [0.5, 0.6) is 0 Å². The third-order valence-electron chi connectivity index (χ3n) is 7.10. The molecule has 1 aliphatic heterocycles. The number of methoxy groups -OCH3 is 1. The molecule has 0 radical (unpaired) electrons. The van der Waals surface area contributed by atoms with Gasteiger partial charge in [-0.15, -0.1) is 0 Å². The summed E-state index contributed by atoms with van der Waals surface area (Å²) in [4.78, 5) is 31.2. The molecule has 1 unspecified atom stereocenters. The van der Waals surface area contributed by atoms with E-state index in [1.165, 1.54) is 17.1 Å². The first-order valence-corrected chi connectivity index (χ1v) is 12.3. The Bertz CT molecular complexity index is 1230. The van der Waals surface area contributed by atoms with Crippen LogP contribution in [-0.2, 0) is 21.5 Å². The topological polar surface area (TPSA) is 151 Å². The maximum Gasteiger partial charge on any atom is 0.259 e. The molecule has 4 rings (SSSR count). The highest BCUT2D eigenvalue weighted by Gasteiger charge is 2.43. The number of amidine groups is 1. The lowest BCUT2D eigenvalue weighted by atomic mass is 9.63. The maximum absolute atomic E-state index is 12.9. The van der Waals surface area contributed by atoms with Gasteiger partial charge in [0.05, 0.1) is 29.8 Å². The lowest BCUT2D eigenvalue weighted by molar-refractivity contribution is -0.131. The van der Waals surface area contributed by atoms with Crippen molar-refractivity contribution >= 4 is 29.2 Å². The average Bonchev–Trinajstić information content (AvgIpc) is 3.31. The highest BCUT2D eigenvalue weighted by Crippen LogP contribution is 2.44. The van der Waals surface area contributed by atoms with E-state index >= 15 is 0 Å². The summed E-state index contributed by atoms with van der Waals surface area (Å²) in [6.07, 6.45) is 7.36. The Kier molecular flexibility index (Phi) is 7.72. The van der Waals surface area contributed by atoms with Crippen LogP contribution in [0.3, 0.4) is 0 Å². The van der Waals surface area contributed by atoms with Crippen molar-refractivity contribution in [3.63, 3.8) is 0 Å². The Balaban J connectivity index is 1.40. The van der Waals surface area contributed by atoms with Crippen molar-refractivity contribution in [3.8, 4) is 0 Å². The number of nitrogens with zero attached hydrogens (tertiary/aromatic N) is 4. The molecule has 1 aliphatic carbocycles. The van der Waals surface area contributed by atoms with Crippen molar-refractivity contribution in [2.75, 3.05) is 27.3 Å². The number of hydrogen-bond acceptors (Lipinski definition) is 8. The fourth-order valence-electron chi connectivity index (χ4n) is 4.59. The lowest BCUT2D eigenvalue weighted by Gasteiger charge is -2.42. The number of aromatic nitrogens is 2. The van der Waals surface area contributed by atoms with Crippen LogP contribution in [0.2, 0.25) is 0 Å². The highest BCUT2D eigenvalue weighted by atomic mass is 16.5. The molecule has 37 heavy (non-hydrogen) atoms. The second-order valence-electron chi connectivity index (χ2n) is 9.51. The van der Waals surface area contributed by atoms with Gasteiger partial charge >= 0.3 is 0 Å². The van der Waals surface area contributed by atoms with Gasteiger partial charge in [0.2, 0.25) is 5.91 Å². The van der Waals surface area contributed by atoms with Crippen LogP contribution < -0.4 is 16.4 Å². The van der Waals surface area contributed by atoms with Crippen LogP contribution in [0.1, 0.15) is 47.7 Å². The van der Waals surface area contributed by atoms with Gasteiger partial charge in [-0.1, -0.05) is 30.7 Å². The number of carbonyl (C=O) groups excluding carboxylic acids is 2. The van der Waals surface area contributed by atoms with E-state index in [4.69, 9.17) is 15.9 Å². The molecule has 0 spiro atoms. The zero-order chi connectivity index (χ0) is 26.6. The number of carbonyl (C=O) groups is 2. The Morgan fingerprint density at radius 3 is 2.68 bits per heavy atom. The summed E-state index contributed by atoms with van der Waals surface area (Å²) in [7, 11) is 3.27. The van der Waals surface area contributed by atoms with Gasteiger partial charge < -0.3 is 26.0 Å². The largest absolute Gasteiger partial charge is 0.383 e. The van der Waals surface area contributed by atoms with E-state index in [1.807, 2.05) is 37.4 Å². The van der Waals surface area contributed by atoms with Crippen LogP contribution in [0, 0.1) is 5.41 Å². The zero-order valence-corrected chi connectivity index (χ0v) is 21.5. The molecule has 2 aromatic rings. The van der Waals surface area contributed by atoms with Gasteiger partial charge in [-0.05, 0) is 36.5 Å². The van der Waals surface area contributed by atoms with Gasteiger partial charge in [0.25, 0.3) is 5.91 Å². The van der Waals surface area contributed by atoms with Gasteiger partial charge in [-0.3, -0.25) is 19.7 Å². The van der Waals surface area contributed by atoms with E-state index < -0.39 is 11.3 Å². The lowest BCUT2D eigenvalue weighted by Crippen LogP contribution is -2.50. The van der Waals surface area contributed by atoms with E-state index in [1.54, 1.807) is 19.1 Å². The Labute approximate surface area is 216 Å². The number of nitrogens with two attached hydrogens (primary N) is 1. The van der Waals surface area contributed by atoms with Crippen molar-refractivity contribution < 1.29 is 14.3 Å². The number of likely N-dealkylation sites (N-methyl/N-ethyl adjacent to an activating group) is 1. The Morgan fingerprint density at radius 1 is 1.32 bits per heavy atom. The number of benzene rings is 1. The van der Waals surface area contributed by atoms with Crippen LogP contribution in [0.15, 0.2) is 47.9 Å². The van der Waals surface area contributed by atoms with Crippen molar-refractivity contribution in [1.82, 2.24) is 25.3 Å². The molecule has 11 heteroatoms. The molecule has 1 fully saturated rings. The monoisotopic (exact) mass is 506 g/mol. The molecule has 2 heterocycles. The first-order chi connectivity index (χ1) is 17.7. The maximum atomic E-state index is 12.9. The molecule has 0 bridgehead atoms. The predicted molar refractivity (Wildman–Crippen MR) is 141 cm³/mol. The van der Waals surface area contributed by atoms with E-state index in [0.717, 1.165) is 36.0 Å². The summed E-state index contributed by atoms with van der Waals surface area (Å²) in [5, 5.41) is 18.6. The number of rotatable bonds is 9. The third-order valence-corrected chi connectivity index (χ3v) is 7.10. The highest BCUT2D eigenvalue weighted by molar-refractivity contribution is 6.09. The molecule has 2 aliphatic rings. The van der Waals surface area contributed by atoms with E-state index in [0.29, 0.717) is 24.7 Å². The summed E-state index contributed by atoms with van der Waals surface area (Å²) >= 11 is 0. The van der Waals surface area contributed by atoms with Crippen molar-refractivity contribution in [2.24, 2.45) is 10.7 Å². The molecule has 0 saturated heterocycles. The molecule has 1 saturated carbocycles. The van der Waals surface area contributed by atoms with Crippen molar-refractivity contribution in [3.05, 3.63) is 59.5 Å². The van der Waals surface area contributed by atoms with Gasteiger partial charge in [0.1, 0.15) is 12.4 Å². The molecular formula is C26H34N8O3. The predicted octanol–water partition coefficient (Wildman–Crippen LogP) is 1.46. The Hall–Kier alpha value is -3.99. The van der Waals surface area contributed by atoms with Crippen LogP contribution in [-0.4, -0.2) is 71.6 Å². The van der Waals surface area contributed by atoms with E-state index in [9.17, 15) is 9.59 Å². The summed E-state index contributed by atoms with van der Waals surface area (Å²) in [5.41, 5.74) is 8.57. The smallest absolute Gasteiger partial charge is 0.259 e. The van der Waals surface area contributed by atoms with Crippen LogP contribution >= 0.6 is 0 Å². The number of guanidine groups is 1. The SMILES string of the molecule is COCCN(C)C(=O)Cn1cc(C(=O)NC(=N)C2(c3ccc(C4=CNC(N)=NC4C)cc3)CCC2)cn1. The van der Waals surface area contributed by atoms with Gasteiger partial charge in [-0.25, -0.2) is 4.99 Å². The van der Waals surface area contributed by atoms with Gasteiger partial charge in [-0.2, -0.15) is 5.10 Å². The fourth-order valence-corrected chi connectivity index (χ4v) is 4.59. The zero-order valence-electron chi connectivity index (χ0n) is 21.5. The fraction of sp³-hybridized carbons (Fsp3) is 0.423. The molecule has 196 valence electrons.